The Balaban J connectivity index is 2.18. The van der Waals surface area contributed by atoms with Crippen LogP contribution in [0.1, 0.15) is 32.3 Å². The number of hydrogen-bond donors (Lipinski definition) is 1. The summed E-state index contributed by atoms with van der Waals surface area (Å²) in [7, 11) is 0. The second kappa shape index (κ2) is 4.54. The number of rotatable bonds is 4. The first-order valence-electron chi connectivity index (χ1n) is 6.10. The fourth-order valence-electron chi connectivity index (χ4n) is 2.38. The Morgan fingerprint density at radius 2 is 2.00 bits per heavy atom. The van der Waals surface area contributed by atoms with Gasteiger partial charge >= 0.3 is 0 Å². The highest BCUT2D eigenvalue weighted by atomic mass is 19.1. The Morgan fingerprint density at radius 1 is 1.31 bits per heavy atom. The predicted molar refractivity (Wildman–Crippen MR) is 65.0 cm³/mol. The first kappa shape index (κ1) is 11.6. The van der Waals surface area contributed by atoms with Crippen LogP contribution in [-0.4, -0.2) is 13.1 Å². The lowest BCUT2D eigenvalue weighted by Crippen LogP contribution is -2.57. The molecule has 1 aliphatic heterocycles. The summed E-state index contributed by atoms with van der Waals surface area (Å²) in [6.07, 6.45) is 2.24. The minimum Gasteiger partial charge on any atom is -0.315 e. The van der Waals surface area contributed by atoms with Crippen LogP contribution >= 0.6 is 0 Å². The van der Waals surface area contributed by atoms with Crippen LogP contribution < -0.4 is 5.32 Å². The Labute approximate surface area is 97.1 Å². The van der Waals surface area contributed by atoms with Crippen molar-refractivity contribution in [1.82, 2.24) is 5.32 Å². The van der Waals surface area contributed by atoms with Crippen LogP contribution in [0.15, 0.2) is 24.3 Å². The molecule has 0 bridgehead atoms. The van der Waals surface area contributed by atoms with Crippen molar-refractivity contribution in [3.63, 3.8) is 0 Å². The molecule has 0 amide bonds. The van der Waals surface area contributed by atoms with Gasteiger partial charge in [-0.25, -0.2) is 4.39 Å². The molecule has 0 spiro atoms. The van der Waals surface area contributed by atoms with Gasteiger partial charge in [-0.2, -0.15) is 0 Å². The van der Waals surface area contributed by atoms with Gasteiger partial charge in [-0.3, -0.25) is 0 Å². The maximum Gasteiger partial charge on any atom is 0.127 e. The molecule has 1 fully saturated rings. The lowest BCUT2D eigenvalue weighted by atomic mass is 9.71. The van der Waals surface area contributed by atoms with E-state index in [1.54, 1.807) is 12.1 Å². The highest BCUT2D eigenvalue weighted by molar-refractivity contribution is 5.31. The smallest absolute Gasteiger partial charge is 0.127 e. The third-order valence-corrected chi connectivity index (χ3v) is 3.57. The summed E-state index contributed by atoms with van der Waals surface area (Å²) in [5.41, 5.74) is 0.949. The average Bonchev–Trinajstić information content (AvgIpc) is 2.18. The molecule has 1 nitrogen and oxygen atoms in total. The van der Waals surface area contributed by atoms with Crippen molar-refractivity contribution in [2.75, 3.05) is 13.1 Å². The zero-order valence-corrected chi connectivity index (χ0v) is 10.1. The summed E-state index contributed by atoms with van der Waals surface area (Å²) in [5, 5.41) is 3.28. The summed E-state index contributed by atoms with van der Waals surface area (Å²) in [6.45, 7) is 6.28. The fraction of sp³-hybridized carbons (Fsp3) is 0.571. The zero-order valence-electron chi connectivity index (χ0n) is 10.1. The molecule has 0 atom stereocenters. The van der Waals surface area contributed by atoms with Crippen LogP contribution in [0.2, 0.25) is 0 Å². The topological polar surface area (TPSA) is 12.0 Å². The predicted octanol–water partition coefficient (Wildman–Crippen LogP) is 3.10. The number of benzene rings is 1. The fourth-order valence-corrected chi connectivity index (χ4v) is 2.38. The van der Waals surface area contributed by atoms with Crippen molar-refractivity contribution in [3.05, 3.63) is 35.6 Å². The molecule has 1 aromatic carbocycles. The molecule has 0 aliphatic carbocycles. The van der Waals surface area contributed by atoms with Crippen LogP contribution in [0.5, 0.6) is 0 Å². The molecule has 1 aromatic rings. The summed E-state index contributed by atoms with van der Waals surface area (Å²) in [4.78, 5) is 0. The molecule has 0 radical (unpaired) electrons. The third-order valence-electron chi connectivity index (χ3n) is 3.57. The van der Waals surface area contributed by atoms with Crippen molar-refractivity contribution >= 4 is 0 Å². The standard InChI is InChI=1S/C14H20FN/c1-11(2)7-8-14(9-16-10-14)12-5-3-4-6-13(12)15/h3-6,11,16H,7-10H2,1-2H3. The summed E-state index contributed by atoms with van der Waals surface area (Å²) in [5.74, 6) is 0.636. The van der Waals surface area contributed by atoms with Crippen LogP contribution in [0, 0.1) is 11.7 Å². The molecule has 88 valence electrons. The molecule has 1 saturated heterocycles. The molecule has 1 N–H and O–H groups in total. The monoisotopic (exact) mass is 221 g/mol. The van der Waals surface area contributed by atoms with Gasteiger partial charge in [-0.1, -0.05) is 38.5 Å². The Kier molecular flexibility index (Phi) is 3.29. The van der Waals surface area contributed by atoms with Crippen molar-refractivity contribution < 1.29 is 4.39 Å². The van der Waals surface area contributed by atoms with Crippen LogP contribution in [0.25, 0.3) is 0 Å². The van der Waals surface area contributed by atoms with E-state index in [4.69, 9.17) is 0 Å². The van der Waals surface area contributed by atoms with E-state index in [-0.39, 0.29) is 11.2 Å². The highest BCUT2D eigenvalue weighted by Crippen LogP contribution is 2.35. The lowest BCUT2D eigenvalue weighted by molar-refractivity contribution is 0.234. The van der Waals surface area contributed by atoms with Crippen molar-refractivity contribution in [1.29, 1.82) is 0 Å². The van der Waals surface area contributed by atoms with E-state index in [9.17, 15) is 4.39 Å². The van der Waals surface area contributed by atoms with Gasteiger partial charge in [-0.15, -0.1) is 0 Å². The highest BCUT2D eigenvalue weighted by Gasteiger charge is 2.39. The Morgan fingerprint density at radius 3 is 2.50 bits per heavy atom. The van der Waals surface area contributed by atoms with Gasteiger partial charge < -0.3 is 5.32 Å². The lowest BCUT2D eigenvalue weighted by Gasteiger charge is -2.44. The average molecular weight is 221 g/mol. The third kappa shape index (κ3) is 2.12. The van der Waals surface area contributed by atoms with Gasteiger partial charge in [0.15, 0.2) is 0 Å². The largest absolute Gasteiger partial charge is 0.315 e. The molecular weight excluding hydrogens is 201 g/mol. The van der Waals surface area contributed by atoms with Gasteiger partial charge in [0.2, 0.25) is 0 Å². The van der Waals surface area contributed by atoms with E-state index in [0.29, 0.717) is 5.92 Å². The molecule has 16 heavy (non-hydrogen) atoms. The quantitative estimate of drug-likeness (QED) is 0.823. The molecule has 0 saturated carbocycles. The van der Waals surface area contributed by atoms with Gasteiger partial charge in [0.05, 0.1) is 0 Å². The van der Waals surface area contributed by atoms with E-state index in [1.165, 1.54) is 0 Å². The first-order valence-corrected chi connectivity index (χ1v) is 6.10. The number of nitrogens with one attached hydrogen (secondary N) is 1. The number of halogens is 1. The van der Waals surface area contributed by atoms with Crippen molar-refractivity contribution in [2.24, 2.45) is 5.92 Å². The molecule has 1 aliphatic rings. The van der Waals surface area contributed by atoms with E-state index >= 15 is 0 Å². The molecule has 0 unspecified atom stereocenters. The van der Waals surface area contributed by atoms with Crippen LogP contribution in [0.3, 0.4) is 0 Å². The minimum absolute atomic E-state index is 0.0484. The van der Waals surface area contributed by atoms with Gasteiger partial charge in [0, 0.05) is 18.5 Å². The van der Waals surface area contributed by atoms with E-state index < -0.39 is 0 Å². The normalized spacial score (nSPS) is 18.5. The SMILES string of the molecule is CC(C)CCC1(c2ccccc2F)CNC1. The van der Waals surface area contributed by atoms with Crippen molar-refractivity contribution in [2.45, 2.75) is 32.1 Å². The zero-order chi connectivity index (χ0) is 11.6. The minimum atomic E-state index is -0.0484. The van der Waals surface area contributed by atoms with Gasteiger partial charge in [-0.05, 0) is 24.0 Å². The summed E-state index contributed by atoms with van der Waals surface area (Å²) < 4.78 is 13.8. The molecule has 2 heteroatoms. The van der Waals surface area contributed by atoms with E-state index in [2.05, 4.69) is 19.2 Å². The second-order valence-electron chi connectivity index (χ2n) is 5.30. The van der Waals surface area contributed by atoms with Gasteiger partial charge in [0.25, 0.3) is 0 Å². The maximum atomic E-state index is 13.8. The first-order chi connectivity index (χ1) is 7.64. The summed E-state index contributed by atoms with van der Waals surface area (Å²) >= 11 is 0. The Hall–Kier alpha value is -0.890. The molecule has 0 aromatic heterocycles. The van der Waals surface area contributed by atoms with Crippen LogP contribution in [-0.2, 0) is 5.41 Å². The second-order valence-corrected chi connectivity index (χ2v) is 5.30. The molecule has 1 heterocycles. The molecule has 2 rings (SSSR count). The van der Waals surface area contributed by atoms with Gasteiger partial charge in [0.1, 0.15) is 5.82 Å². The number of hydrogen-bond acceptors (Lipinski definition) is 1. The van der Waals surface area contributed by atoms with Crippen molar-refractivity contribution in [3.8, 4) is 0 Å². The van der Waals surface area contributed by atoms with Crippen LogP contribution in [0.4, 0.5) is 4.39 Å². The van der Waals surface area contributed by atoms with E-state index in [1.807, 2.05) is 12.1 Å². The maximum absolute atomic E-state index is 13.8. The Bertz CT molecular complexity index is 356. The molecular formula is C14H20FN. The summed E-state index contributed by atoms with van der Waals surface area (Å²) in [6, 6.07) is 7.22. The van der Waals surface area contributed by atoms with E-state index in [0.717, 1.165) is 31.5 Å².